The van der Waals surface area contributed by atoms with Crippen LogP contribution in [0.1, 0.15) is 25.8 Å². The lowest BCUT2D eigenvalue weighted by molar-refractivity contribution is 0.170. The van der Waals surface area contributed by atoms with E-state index in [1.807, 2.05) is 6.07 Å². The first-order valence-corrected chi connectivity index (χ1v) is 8.00. The Kier molecular flexibility index (Phi) is 8.55. The fraction of sp³-hybridized carbons (Fsp3) is 0.647. The highest BCUT2D eigenvalue weighted by atomic mass is 35.5. The Morgan fingerprint density at radius 2 is 1.86 bits per heavy atom. The molecular formula is C17H27ClO3. The zero-order valence-corrected chi connectivity index (χ0v) is 14.3. The summed E-state index contributed by atoms with van der Waals surface area (Å²) in [5.41, 5.74) is 1.23. The number of rotatable bonds is 10. The molecule has 0 amide bonds. The highest BCUT2D eigenvalue weighted by Crippen LogP contribution is 2.30. The molecule has 3 nitrogen and oxygen atoms in total. The summed E-state index contributed by atoms with van der Waals surface area (Å²) in [4.78, 5) is 0. The monoisotopic (exact) mass is 314 g/mol. The van der Waals surface area contributed by atoms with Gasteiger partial charge in [0.25, 0.3) is 0 Å². The summed E-state index contributed by atoms with van der Waals surface area (Å²) in [6, 6.07) is 6.11. The van der Waals surface area contributed by atoms with Gasteiger partial charge >= 0.3 is 0 Å². The smallest absolute Gasteiger partial charge is 0.161 e. The van der Waals surface area contributed by atoms with Crippen molar-refractivity contribution in [2.24, 2.45) is 11.8 Å². The minimum atomic E-state index is 0.474. The molecule has 1 unspecified atom stereocenters. The highest BCUT2D eigenvalue weighted by Gasteiger charge is 2.14. The van der Waals surface area contributed by atoms with Crippen molar-refractivity contribution in [2.75, 3.05) is 33.3 Å². The van der Waals surface area contributed by atoms with Crippen LogP contribution in [0.25, 0.3) is 0 Å². The van der Waals surface area contributed by atoms with Crippen molar-refractivity contribution in [3.05, 3.63) is 23.8 Å². The number of benzene rings is 1. The first kappa shape index (κ1) is 18.1. The topological polar surface area (TPSA) is 27.7 Å². The van der Waals surface area contributed by atoms with Crippen LogP contribution in [-0.2, 0) is 11.2 Å². The maximum Gasteiger partial charge on any atom is 0.161 e. The highest BCUT2D eigenvalue weighted by molar-refractivity contribution is 6.18. The average molecular weight is 315 g/mol. The third-order valence-corrected chi connectivity index (χ3v) is 4.01. The Labute approximate surface area is 133 Å². The van der Waals surface area contributed by atoms with Gasteiger partial charge in [0.05, 0.1) is 13.7 Å². The Morgan fingerprint density at radius 3 is 2.43 bits per heavy atom. The van der Waals surface area contributed by atoms with Gasteiger partial charge in [-0.25, -0.2) is 0 Å². The fourth-order valence-electron chi connectivity index (χ4n) is 2.12. The fourth-order valence-corrected chi connectivity index (χ4v) is 2.58. The minimum absolute atomic E-state index is 0.474. The molecule has 1 atom stereocenters. The molecule has 0 bridgehead atoms. The van der Waals surface area contributed by atoms with Gasteiger partial charge in [0, 0.05) is 26.0 Å². The van der Waals surface area contributed by atoms with Gasteiger partial charge in [0.15, 0.2) is 11.5 Å². The van der Waals surface area contributed by atoms with E-state index >= 15 is 0 Å². The molecule has 1 rings (SSSR count). The molecule has 21 heavy (non-hydrogen) atoms. The molecule has 0 spiro atoms. The third kappa shape index (κ3) is 6.15. The van der Waals surface area contributed by atoms with Crippen LogP contribution in [0, 0.1) is 11.8 Å². The van der Waals surface area contributed by atoms with Gasteiger partial charge in [-0.2, -0.15) is 0 Å². The molecule has 4 heteroatoms. The van der Waals surface area contributed by atoms with Crippen molar-refractivity contribution < 1.29 is 14.2 Å². The predicted molar refractivity (Wildman–Crippen MR) is 87.7 cm³/mol. The standard InChI is InChI=1S/C17H27ClO3/c1-13(2)15(12-18)10-14-6-7-16(20-4)17(11-14)21-9-5-8-19-3/h6-7,11,13,15H,5,8-10,12H2,1-4H3. The summed E-state index contributed by atoms with van der Waals surface area (Å²) in [6.45, 7) is 5.73. The number of hydrogen-bond acceptors (Lipinski definition) is 3. The molecular weight excluding hydrogens is 288 g/mol. The molecule has 0 aliphatic rings. The van der Waals surface area contributed by atoms with Crippen molar-refractivity contribution in [3.63, 3.8) is 0 Å². The number of methoxy groups -OCH3 is 2. The third-order valence-electron chi connectivity index (χ3n) is 3.62. The average Bonchev–Trinajstić information content (AvgIpc) is 2.49. The number of halogens is 1. The predicted octanol–water partition coefficient (Wildman–Crippen LogP) is 4.16. The Morgan fingerprint density at radius 1 is 1.10 bits per heavy atom. The van der Waals surface area contributed by atoms with Crippen LogP contribution in [-0.4, -0.2) is 33.3 Å². The number of alkyl halides is 1. The summed E-state index contributed by atoms with van der Waals surface area (Å²) >= 11 is 6.06. The van der Waals surface area contributed by atoms with Gasteiger partial charge in [-0.15, -0.1) is 11.6 Å². The van der Waals surface area contributed by atoms with Gasteiger partial charge in [0.1, 0.15) is 0 Å². The lowest BCUT2D eigenvalue weighted by atomic mass is 9.91. The summed E-state index contributed by atoms with van der Waals surface area (Å²) in [5.74, 6) is 3.27. The molecule has 0 aliphatic heterocycles. The molecule has 0 N–H and O–H groups in total. The molecule has 0 aliphatic carbocycles. The second-order valence-corrected chi connectivity index (χ2v) is 5.85. The summed E-state index contributed by atoms with van der Waals surface area (Å²) < 4.78 is 16.2. The van der Waals surface area contributed by atoms with E-state index < -0.39 is 0 Å². The van der Waals surface area contributed by atoms with Gasteiger partial charge in [-0.05, 0) is 36.0 Å². The largest absolute Gasteiger partial charge is 0.493 e. The van der Waals surface area contributed by atoms with E-state index in [1.54, 1.807) is 14.2 Å². The molecule has 1 aromatic carbocycles. The summed E-state index contributed by atoms with van der Waals surface area (Å²) in [5, 5.41) is 0. The van der Waals surface area contributed by atoms with Crippen LogP contribution in [0.15, 0.2) is 18.2 Å². The maximum absolute atomic E-state index is 6.06. The molecule has 0 saturated heterocycles. The van der Waals surface area contributed by atoms with E-state index in [9.17, 15) is 0 Å². The van der Waals surface area contributed by atoms with Crippen LogP contribution in [0.5, 0.6) is 11.5 Å². The molecule has 0 fully saturated rings. The van der Waals surface area contributed by atoms with Gasteiger partial charge < -0.3 is 14.2 Å². The van der Waals surface area contributed by atoms with E-state index in [0.29, 0.717) is 30.9 Å². The van der Waals surface area contributed by atoms with Crippen LogP contribution in [0.3, 0.4) is 0 Å². The Hall–Kier alpha value is -0.930. The summed E-state index contributed by atoms with van der Waals surface area (Å²) in [7, 11) is 3.35. The van der Waals surface area contributed by atoms with Crippen LogP contribution in [0.4, 0.5) is 0 Å². The van der Waals surface area contributed by atoms with E-state index in [-0.39, 0.29) is 0 Å². The van der Waals surface area contributed by atoms with E-state index in [4.69, 9.17) is 25.8 Å². The molecule has 1 aromatic rings. The quantitative estimate of drug-likeness (QED) is 0.479. The van der Waals surface area contributed by atoms with Crippen LogP contribution >= 0.6 is 11.6 Å². The van der Waals surface area contributed by atoms with Crippen molar-refractivity contribution in [2.45, 2.75) is 26.7 Å². The first-order chi connectivity index (χ1) is 10.1. The van der Waals surface area contributed by atoms with E-state index in [1.165, 1.54) is 5.56 Å². The number of ether oxygens (including phenoxy) is 3. The molecule has 0 radical (unpaired) electrons. The van der Waals surface area contributed by atoms with Crippen LogP contribution in [0.2, 0.25) is 0 Å². The molecule has 120 valence electrons. The minimum Gasteiger partial charge on any atom is -0.493 e. The zero-order chi connectivity index (χ0) is 15.7. The van der Waals surface area contributed by atoms with Gasteiger partial charge in [-0.1, -0.05) is 19.9 Å². The lowest BCUT2D eigenvalue weighted by Gasteiger charge is -2.19. The van der Waals surface area contributed by atoms with E-state index in [0.717, 1.165) is 24.3 Å². The van der Waals surface area contributed by atoms with E-state index in [2.05, 4.69) is 26.0 Å². The van der Waals surface area contributed by atoms with Crippen molar-refractivity contribution >= 4 is 11.6 Å². The molecule has 0 saturated carbocycles. The normalized spacial score (nSPS) is 12.5. The van der Waals surface area contributed by atoms with Gasteiger partial charge in [-0.3, -0.25) is 0 Å². The van der Waals surface area contributed by atoms with Crippen molar-refractivity contribution in [1.29, 1.82) is 0 Å². The maximum atomic E-state index is 6.06. The zero-order valence-electron chi connectivity index (χ0n) is 13.5. The van der Waals surface area contributed by atoms with Crippen LogP contribution < -0.4 is 9.47 Å². The molecule has 0 aromatic heterocycles. The Balaban J connectivity index is 2.74. The summed E-state index contributed by atoms with van der Waals surface area (Å²) in [6.07, 6.45) is 1.82. The first-order valence-electron chi connectivity index (χ1n) is 7.47. The van der Waals surface area contributed by atoms with Gasteiger partial charge in [0.2, 0.25) is 0 Å². The molecule has 0 heterocycles. The second-order valence-electron chi connectivity index (χ2n) is 5.54. The Bertz CT molecular complexity index is 407. The lowest BCUT2D eigenvalue weighted by Crippen LogP contribution is -2.13. The SMILES string of the molecule is COCCCOc1cc(CC(CCl)C(C)C)ccc1OC. The second kappa shape index (κ2) is 9.91. The number of hydrogen-bond donors (Lipinski definition) is 0. The van der Waals surface area contributed by atoms with Crippen molar-refractivity contribution in [1.82, 2.24) is 0 Å². The van der Waals surface area contributed by atoms with Crippen molar-refractivity contribution in [3.8, 4) is 11.5 Å².